The second-order valence-corrected chi connectivity index (χ2v) is 5.81. The van der Waals surface area contributed by atoms with Gasteiger partial charge in [0.15, 0.2) is 0 Å². The lowest BCUT2D eigenvalue weighted by Crippen LogP contribution is -2.55. The lowest BCUT2D eigenvalue weighted by molar-refractivity contribution is -0.150. The van der Waals surface area contributed by atoms with Crippen LogP contribution >= 0.6 is 0 Å². The maximum absolute atomic E-state index is 12.6. The molecule has 0 bridgehead atoms. The fraction of sp³-hybridized carbons (Fsp3) is 0.471. The van der Waals surface area contributed by atoms with Gasteiger partial charge in [0.05, 0.1) is 31.3 Å². The maximum Gasteiger partial charge on any atom is 0.346 e. The van der Waals surface area contributed by atoms with Gasteiger partial charge in [0, 0.05) is 12.2 Å². The summed E-state index contributed by atoms with van der Waals surface area (Å²) in [6.45, 7) is 2.46. The van der Waals surface area contributed by atoms with Crippen LogP contribution in [0.15, 0.2) is 30.3 Å². The number of amides is 3. The number of carbonyl (C=O) groups is 2. The first kappa shape index (κ1) is 18.7. The molecule has 1 fully saturated rings. The lowest BCUT2D eigenvalue weighted by atomic mass is 9.99. The van der Waals surface area contributed by atoms with E-state index in [1.54, 1.807) is 24.0 Å². The molecular formula is C17H23N5O3. The van der Waals surface area contributed by atoms with E-state index in [0.717, 1.165) is 0 Å². The second-order valence-electron chi connectivity index (χ2n) is 5.81. The van der Waals surface area contributed by atoms with Crippen molar-refractivity contribution in [3.8, 4) is 6.07 Å². The number of likely N-dealkylation sites (tertiary alicyclic amines) is 1. The molecule has 0 unspecified atom stereocenters. The van der Waals surface area contributed by atoms with Crippen molar-refractivity contribution < 1.29 is 14.4 Å². The van der Waals surface area contributed by atoms with Gasteiger partial charge in [-0.05, 0) is 31.9 Å². The number of hydrogen-bond acceptors (Lipinski definition) is 5. The number of nitrogens with two attached hydrogens (primary N) is 1. The largest absolute Gasteiger partial charge is 0.369 e. The number of primary amides is 1. The van der Waals surface area contributed by atoms with E-state index in [9.17, 15) is 14.9 Å². The Hall–Kier alpha value is -2.63. The van der Waals surface area contributed by atoms with Crippen LogP contribution in [0, 0.1) is 11.3 Å². The minimum atomic E-state index is -0.502. The Labute approximate surface area is 147 Å². The van der Waals surface area contributed by atoms with Crippen LogP contribution in [0.4, 0.5) is 10.5 Å². The first-order valence-electron chi connectivity index (χ1n) is 8.25. The van der Waals surface area contributed by atoms with Gasteiger partial charge >= 0.3 is 6.03 Å². The molecule has 0 radical (unpaired) electrons. The number of hydroxylamine groups is 2. The van der Waals surface area contributed by atoms with Gasteiger partial charge < -0.3 is 11.1 Å². The number of benzene rings is 1. The molecule has 8 nitrogen and oxygen atoms in total. The quantitative estimate of drug-likeness (QED) is 0.755. The molecule has 2 atom stereocenters. The zero-order valence-corrected chi connectivity index (χ0v) is 14.2. The van der Waals surface area contributed by atoms with Crippen LogP contribution < -0.4 is 11.1 Å². The maximum atomic E-state index is 12.6. The number of nitriles is 1. The Balaban J connectivity index is 2.09. The highest BCUT2D eigenvalue weighted by Crippen LogP contribution is 2.22. The molecule has 3 N–H and O–H groups in total. The first-order valence-corrected chi connectivity index (χ1v) is 8.25. The van der Waals surface area contributed by atoms with Gasteiger partial charge in [-0.3, -0.25) is 14.5 Å². The van der Waals surface area contributed by atoms with Crippen LogP contribution in [-0.2, 0) is 9.63 Å². The second kappa shape index (κ2) is 9.01. The molecule has 3 amide bonds. The van der Waals surface area contributed by atoms with Crippen LogP contribution in [0.25, 0.3) is 0 Å². The van der Waals surface area contributed by atoms with E-state index in [1.165, 1.54) is 5.06 Å². The summed E-state index contributed by atoms with van der Waals surface area (Å²) in [7, 11) is 0. The minimum absolute atomic E-state index is 0.0189. The predicted octanol–water partition coefficient (Wildman–Crippen LogP) is 1.31. The Morgan fingerprint density at radius 2 is 2.12 bits per heavy atom. The summed E-state index contributed by atoms with van der Waals surface area (Å²) in [6.07, 6.45) is 1.15. The average molecular weight is 345 g/mol. The van der Waals surface area contributed by atoms with Crippen LogP contribution in [0.3, 0.4) is 0 Å². The van der Waals surface area contributed by atoms with Crippen molar-refractivity contribution in [3.05, 3.63) is 30.3 Å². The van der Waals surface area contributed by atoms with E-state index in [-0.39, 0.29) is 24.7 Å². The molecule has 8 heteroatoms. The Kier molecular flexibility index (Phi) is 6.74. The number of anilines is 1. The minimum Gasteiger partial charge on any atom is -0.369 e. The van der Waals surface area contributed by atoms with E-state index < -0.39 is 5.91 Å². The smallest absolute Gasteiger partial charge is 0.346 e. The van der Waals surface area contributed by atoms with E-state index in [2.05, 4.69) is 11.4 Å². The molecule has 1 aliphatic heterocycles. The Morgan fingerprint density at radius 1 is 1.40 bits per heavy atom. The Morgan fingerprint density at radius 3 is 2.72 bits per heavy atom. The zero-order valence-electron chi connectivity index (χ0n) is 14.2. The summed E-state index contributed by atoms with van der Waals surface area (Å²) < 4.78 is 0. The number of piperidine rings is 1. The monoisotopic (exact) mass is 345 g/mol. The highest BCUT2D eigenvalue weighted by atomic mass is 16.7. The molecule has 1 aromatic rings. The van der Waals surface area contributed by atoms with Gasteiger partial charge in [-0.25, -0.2) is 4.79 Å². The number of urea groups is 1. The topological polar surface area (TPSA) is 112 Å². The molecule has 25 heavy (non-hydrogen) atoms. The Bertz CT molecular complexity index is 631. The fourth-order valence-electron chi connectivity index (χ4n) is 2.90. The van der Waals surface area contributed by atoms with Gasteiger partial charge in [0.25, 0.3) is 0 Å². The van der Waals surface area contributed by atoms with Gasteiger partial charge in [-0.15, -0.1) is 0 Å². The summed E-state index contributed by atoms with van der Waals surface area (Å²) >= 11 is 0. The molecule has 134 valence electrons. The van der Waals surface area contributed by atoms with Crippen molar-refractivity contribution in [3.63, 3.8) is 0 Å². The first-order chi connectivity index (χ1) is 12.0. The molecular weight excluding hydrogens is 322 g/mol. The van der Waals surface area contributed by atoms with Gasteiger partial charge in [0.2, 0.25) is 5.91 Å². The van der Waals surface area contributed by atoms with Gasteiger partial charge in [0.1, 0.15) is 0 Å². The van der Waals surface area contributed by atoms with Crippen molar-refractivity contribution in [2.24, 2.45) is 5.73 Å². The van der Waals surface area contributed by atoms with E-state index in [1.807, 2.05) is 18.2 Å². The number of rotatable bonds is 6. The molecule has 0 aromatic heterocycles. The molecule has 2 rings (SSSR count). The SMILES string of the molecule is CCON(C(=O)Nc1ccccc1)[C@@H]1CC[C@@H](C#N)N(CC(N)=O)C1. The van der Waals surface area contributed by atoms with E-state index in [0.29, 0.717) is 31.7 Å². The van der Waals surface area contributed by atoms with E-state index >= 15 is 0 Å². The van der Waals surface area contributed by atoms with Crippen LogP contribution in [0.2, 0.25) is 0 Å². The third kappa shape index (κ3) is 5.17. The standard InChI is InChI=1S/C17H23N5O3/c1-2-25-22(17(24)20-13-6-4-3-5-7-13)15-9-8-14(10-18)21(11-15)12-16(19)23/h3-7,14-15H,2,8-9,11-12H2,1H3,(H2,19,23)(H,20,24)/t14-,15+/m0/s1. The van der Waals surface area contributed by atoms with Crippen molar-refractivity contribution in [1.82, 2.24) is 9.96 Å². The molecule has 0 aliphatic carbocycles. The number of carbonyl (C=O) groups excluding carboxylic acids is 2. The van der Waals surface area contributed by atoms with Crippen molar-refractivity contribution in [2.45, 2.75) is 31.8 Å². The molecule has 1 heterocycles. The summed E-state index contributed by atoms with van der Waals surface area (Å²) in [6, 6.07) is 10.2. The number of nitrogens with one attached hydrogen (secondary N) is 1. The predicted molar refractivity (Wildman–Crippen MR) is 92.1 cm³/mol. The third-order valence-electron chi connectivity index (χ3n) is 3.99. The normalized spacial score (nSPS) is 20.5. The highest BCUT2D eigenvalue weighted by molar-refractivity contribution is 5.88. The molecule has 1 aromatic carbocycles. The van der Waals surface area contributed by atoms with Gasteiger partial charge in [-0.1, -0.05) is 18.2 Å². The van der Waals surface area contributed by atoms with Crippen molar-refractivity contribution in [2.75, 3.05) is 25.0 Å². The zero-order chi connectivity index (χ0) is 18.2. The van der Waals surface area contributed by atoms with Crippen LogP contribution in [-0.4, -0.2) is 53.7 Å². The number of nitrogens with zero attached hydrogens (tertiary/aromatic N) is 3. The highest BCUT2D eigenvalue weighted by Gasteiger charge is 2.35. The van der Waals surface area contributed by atoms with Crippen molar-refractivity contribution >= 4 is 17.6 Å². The molecule has 0 saturated carbocycles. The fourth-order valence-corrected chi connectivity index (χ4v) is 2.90. The van der Waals surface area contributed by atoms with Crippen molar-refractivity contribution in [1.29, 1.82) is 5.26 Å². The lowest BCUT2D eigenvalue weighted by Gasteiger charge is -2.39. The van der Waals surface area contributed by atoms with E-state index in [4.69, 9.17) is 10.6 Å². The summed E-state index contributed by atoms with van der Waals surface area (Å²) in [5.41, 5.74) is 5.93. The van der Waals surface area contributed by atoms with Gasteiger partial charge in [-0.2, -0.15) is 10.3 Å². The van der Waals surface area contributed by atoms with Crippen LogP contribution in [0.1, 0.15) is 19.8 Å². The summed E-state index contributed by atoms with van der Waals surface area (Å²) in [4.78, 5) is 31.1. The molecule has 0 spiro atoms. The summed E-state index contributed by atoms with van der Waals surface area (Å²) in [5, 5.41) is 13.3. The van der Waals surface area contributed by atoms with Crippen LogP contribution in [0.5, 0.6) is 0 Å². The number of hydrogen-bond donors (Lipinski definition) is 2. The third-order valence-corrected chi connectivity index (χ3v) is 3.99. The molecule has 1 aliphatic rings. The summed E-state index contributed by atoms with van der Waals surface area (Å²) in [5.74, 6) is -0.502. The number of para-hydroxylation sites is 1. The molecule has 1 saturated heterocycles. The average Bonchev–Trinajstić information content (AvgIpc) is 2.60.